The lowest BCUT2D eigenvalue weighted by molar-refractivity contribution is 0.859. The van der Waals surface area contributed by atoms with E-state index in [-0.39, 0.29) is 0 Å². The first kappa shape index (κ1) is 14.0. The van der Waals surface area contributed by atoms with Crippen LogP contribution in [0.4, 0.5) is 5.69 Å². The lowest BCUT2D eigenvalue weighted by Crippen LogP contribution is -1.95. The molecule has 0 radical (unpaired) electrons. The molecule has 3 nitrogen and oxygen atoms in total. The van der Waals surface area contributed by atoms with Crippen LogP contribution in [0.15, 0.2) is 65.7 Å². The number of para-hydroxylation sites is 1. The van der Waals surface area contributed by atoms with Crippen LogP contribution in [-0.4, -0.2) is 9.78 Å². The third-order valence-electron chi connectivity index (χ3n) is 3.02. The predicted molar refractivity (Wildman–Crippen MR) is 89.0 cm³/mol. The highest BCUT2D eigenvalue weighted by Gasteiger charge is 2.05. The molecule has 0 aliphatic heterocycles. The molecule has 0 atom stereocenters. The van der Waals surface area contributed by atoms with Crippen LogP contribution in [0, 0.1) is 0 Å². The Labute approximate surface area is 132 Å². The van der Waals surface area contributed by atoms with Gasteiger partial charge in [0.1, 0.15) is 0 Å². The number of aromatic nitrogens is 2. The van der Waals surface area contributed by atoms with E-state index in [0.717, 1.165) is 27.7 Å². The molecule has 0 saturated heterocycles. The number of thioether (sulfide) groups is 1. The van der Waals surface area contributed by atoms with Gasteiger partial charge in [-0.25, -0.2) is 4.68 Å². The van der Waals surface area contributed by atoms with E-state index in [0.29, 0.717) is 5.02 Å². The van der Waals surface area contributed by atoms with Gasteiger partial charge in [0, 0.05) is 27.6 Å². The first-order valence-electron chi connectivity index (χ1n) is 6.50. The van der Waals surface area contributed by atoms with Crippen LogP contribution < -0.4 is 5.73 Å². The Hall–Kier alpha value is -1.91. The normalized spacial score (nSPS) is 10.7. The molecule has 106 valence electrons. The van der Waals surface area contributed by atoms with Crippen molar-refractivity contribution in [2.45, 2.75) is 10.6 Å². The van der Waals surface area contributed by atoms with Gasteiger partial charge in [0.05, 0.1) is 11.4 Å². The molecule has 5 heteroatoms. The predicted octanol–water partition coefficient (Wildman–Crippen LogP) is 4.40. The maximum absolute atomic E-state index is 5.99. The summed E-state index contributed by atoms with van der Waals surface area (Å²) in [4.78, 5) is 0.983. The summed E-state index contributed by atoms with van der Waals surface area (Å²) in [5.41, 5.74) is 8.74. The van der Waals surface area contributed by atoms with Crippen LogP contribution in [0.5, 0.6) is 0 Å². The lowest BCUT2D eigenvalue weighted by Gasteiger charge is -2.04. The van der Waals surface area contributed by atoms with Gasteiger partial charge in [-0.15, -0.1) is 11.8 Å². The van der Waals surface area contributed by atoms with Gasteiger partial charge >= 0.3 is 0 Å². The number of anilines is 1. The van der Waals surface area contributed by atoms with Crippen molar-refractivity contribution in [3.05, 3.63) is 71.5 Å². The first-order chi connectivity index (χ1) is 10.2. The Morgan fingerprint density at radius 2 is 1.90 bits per heavy atom. The molecule has 0 unspecified atom stereocenters. The summed E-state index contributed by atoms with van der Waals surface area (Å²) in [6.45, 7) is 0. The minimum Gasteiger partial charge on any atom is -0.398 e. The molecule has 1 aromatic heterocycles. The molecule has 21 heavy (non-hydrogen) atoms. The van der Waals surface area contributed by atoms with Crippen LogP contribution >= 0.6 is 23.4 Å². The SMILES string of the molecule is Nc1ccc(Cl)cc1SCc1ccn(-c2ccccc2)n1. The summed E-state index contributed by atoms with van der Waals surface area (Å²) >= 11 is 7.63. The van der Waals surface area contributed by atoms with E-state index in [2.05, 4.69) is 5.10 Å². The fraction of sp³-hybridized carbons (Fsp3) is 0.0625. The average molecular weight is 316 g/mol. The summed E-state index contributed by atoms with van der Waals surface area (Å²) in [5, 5.41) is 5.27. The summed E-state index contributed by atoms with van der Waals surface area (Å²) in [7, 11) is 0. The second kappa shape index (κ2) is 6.24. The van der Waals surface area contributed by atoms with Gasteiger partial charge < -0.3 is 5.73 Å². The van der Waals surface area contributed by atoms with Gasteiger partial charge in [-0.05, 0) is 36.4 Å². The fourth-order valence-corrected chi connectivity index (χ4v) is 3.09. The summed E-state index contributed by atoms with van der Waals surface area (Å²) in [5.74, 6) is 0.754. The fourth-order valence-electron chi connectivity index (χ4n) is 1.95. The maximum Gasteiger partial charge on any atom is 0.0731 e. The van der Waals surface area contributed by atoms with Crippen LogP contribution in [0.1, 0.15) is 5.69 Å². The summed E-state index contributed by atoms with van der Waals surface area (Å²) < 4.78 is 1.87. The number of benzene rings is 2. The molecule has 3 rings (SSSR count). The average Bonchev–Trinajstić information content (AvgIpc) is 2.98. The molecule has 3 aromatic rings. The molecular weight excluding hydrogens is 302 g/mol. The van der Waals surface area contributed by atoms with Crippen molar-refractivity contribution in [3.8, 4) is 5.69 Å². The van der Waals surface area contributed by atoms with E-state index in [1.807, 2.05) is 59.4 Å². The molecule has 0 fully saturated rings. The van der Waals surface area contributed by atoms with Crippen molar-refractivity contribution in [2.75, 3.05) is 5.73 Å². The molecule has 0 saturated carbocycles. The number of nitrogen functional groups attached to an aromatic ring is 1. The van der Waals surface area contributed by atoms with E-state index >= 15 is 0 Å². The zero-order chi connectivity index (χ0) is 14.7. The first-order valence-corrected chi connectivity index (χ1v) is 7.86. The molecule has 2 aromatic carbocycles. The Kier molecular flexibility index (Phi) is 4.18. The maximum atomic E-state index is 5.99. The molecule has 0 amide bonds. The van der Waals surface area contributed by atoms with Gasteiger partial charge in [-0.3, -0.25) is 0 Å². The third kappa shape index (κ3) is 3.40. The molecule has 0 aliphatic carbocycles. The highest BCUT2D eigenvalue weighted by atomic mass is 35.5. The smallest absolute Gasteiger partial charge is 0.0731 e. The van der Waals surface area contributed by atoms with Gasteiger partial charge in [0.25, 0.3) is 0 Å². The Bertz CT molecular complexity index is 740. The van der Waals surface area contributed by atoms with Crippen molar-refractivity contribution < 1.29 is 0 Å². The lowest BCUT2D eigenvalue weighted by atomic mass is 10.3. The number of hydrogen-bond acceptors (Lipinski definition) is 3. The van der Waals surface area contributed by atoms with Gasteiger partial charge in [-0.2, -0.15) is 5.10 Å². The Morgan fingerprint density at radius 3 is 2.71 bits per heavy atom. The molecular formula is C16H14ClN3S. The van der Waals surface area contributed by atoms with Gasteiger partial charge in [0.15, 0.2) is 0 Å². The molecule has 1 heterocycles. The van der Waals surface area contributed by atoms with Gasteiger partial charge in [0.2, 0.25) is 0 Å². The number of rotatable bonds is 4. The van der Waals surface area contributed by atoms with E-state index in [9.17, 15) is 0 Å². The Balaban J connectivity index is 1.72. The quantitative estimate of drug-likeness (QED) is 0.573. The zero-order valence-electron chi connectivity index (χ0n) is 11.2. The summed E-state index contributed by atoms with van der Waals surface area (Å²) in [6.07, 6.45) is 1.96. The highest BCUT2D eigenvalue weighted by Crippen LogP contribution is 2.30. The second-order valence-corrected chi connectivity index (χ2v) is 6.01. The number of nitrogens with two attached hydrogens (primary N) is 1. The van der Waals surface area contributed by atoms with Crippen molar-refractivity contribution in [1.82, 2.24) is 9.78 Å². The van der Waals surface area contributed by atoms with E-state index < -0.39 is 0 Å². The van der Waals surface area contributed by atoms with E-state index in [1.54, 1.807) is 17.8 Å². The van der Waals surface area contributed by atoms with E-state index in [4.69, 9.17) is 17.3 Å². The van der Waals surface area contributed by atoms with Crippen molar-refractivity contribution in [3.63, 3.8) is 0 Å². The van der Waals surface area contributed by atoms with Crippen molar-refractivity contribution in [2.24, 2.45) is 0 Å². The standard InChI is InChI=1S/C16H14ClN3S/c17-12-6-7-15(18)16(10-12)21-11-13-8-9-20(19-13)14-4-2-1-3-5-14/h1-10H,11,18H2. The molecule has 0 aliphatic rings. The molecule has 0 bridgehead atoms. The zero-order valence-corrected chi connectivity index (χ0v) is 12.8. The van der Waals surface area contributed by atoms with Crippen molar-refractivity contribution in [1.29, 1.82) is 0 Å². The Morgan fingerprint density at radius 1 is 1.10 bits per heavy atom. The minimum absolute atomic E-state index is 0.696. The number of hydrogen-bond donors (Lipinski definition) is 1. The topological polar surface area (TPSA) is 43.8 Å². The van der Waals surface area contributed by atoms with E-state index in [1.165, 1.54) is 0 Å². The van der Waals surface area contributed by atoms with Gasteiger partial charge in [-0.1, -0.05) is 29.8 Å². The monoisotopic (exact) mass is 315 g/mol. The summed E-state index contributed by atoms with van der Waals surface area (Å²) in [6, 6.07) is 17.6. The number of halogens is 1. The highest BCUT2D eigenvalue weighted by molar-refractivity contribution is 7.98. The van der Waals surface area contributed by atoms with Crippen molar-refractivity contribution >= 4 is 29.1 Å². The number of nitrogens with zero attached hydrogens (tertiary/aromatic N) is 2. The largest absolute Gasteiger partial charge is 0.398 e. The molecule has 0 spiro atoms. The van der Waals surface area contributed by atoms with Crippen LogP contribution in [-0.2, 0) is 5.75 Å². The third-order valence-corrected chi connectivity index (χ3v) is 4.36. The van der Waals surface area contributed by atoms with Crippen LogP contribution in [0.3, 0.4) is 0 Å². The molecule has 2 N–H and O–H groups in total. The minimum atomic E-state index is 0.696. The second-order valence-electron chi connectivity index (χ2n) is 4.56. The van der Waals surface area contributed by atoms with Crippen LogP contribution in [0.2, 0.25) is 5.02 Å². The van der Waals surface area contributed by atoms with Crippen LogP contribution in [0.25, 0.3) is 5.69 Å².